The van der Waals surface area contributed by atoms with Gasteiger partial charge in [-0.25, -0.2) is 9.97 Å². The van der Waals surface area contributed by atoms with E-state index in [9.17, 15) is 9.90 Å². The van der Waals surface area contributed by atoms with Crippen molar-refractivity contribution in [2.24, 2.45) is 5.41 Å². The zero-order chi connectivity index (χ0) is 23.8. The number of nitriles is 1. The minimum absolute atomic E-state index is 0.0618. The molecule has 0 saturated carbocycles. The van der Waals surface area contributed by atoms with Crippen LogP contribution in [0.25, 0.3) is 5.57 Å². The summed E-state index contributed by atoms with van der Waals surface area (Å²) < 4.78 is 5.83. The van der Waals surface area contributed by atoms with Gasteiger partial charge in [0.05, 0.1) is 29.8 Å². The number of carbonyl (C=O) groups is 1. The predicted octanol–water partition coefficient (Wildman–Crippen LogP) is 4.47. The number of allylic oxidation sites excluding steroid dienone is 2. The number of carbonyl (C=O) groups excluding carboxylic acids is 1. The molecule has 1 saturated heterocycles. The molecule has 2 N–H and O–H groups in total. The van der Waals surface area contributed by atoms with Gasteiger partial charge in [0.1, 0.15) is 17.4 Å². The molecule has 0 aromatic carbocycles. The van der Waals surface area contributed by atoms with Gasteiger partial charge in [-0.05, 0) is 55.7 Å². The number of aliphatic hydroxyl groups is 1. The van der Waals surface area contributed by atoms with Crippen molar-refractivity contribution in [3.8, 4) is 6.07 Å². The largest absolute Gasteiger partial charge is 0.383 e. The molecule has 2 aromatic rings. The minimum Gasteiger partial charge on any atom is -0.383 e. The molecule has 0 spiro atoms. The van der Waals surface area contributed by atoms with Crippen LogP contribution in [0.15, 0.2) is 24.4 Å². The third kappa shape index (κ3) is 5.07. The summed E-state index contributed by atoms with van der Waals surface area (Å²) in [4.78, 5) is 24.7. The lowest BCUT2D eigenvalue weighted by atomic mass is 9.77. The van der Waals surface area contributed by atoms with Gasteiger partial charge in [0.15, 0.2) is 5.82 Å². The molecule has 7 nitrogen and oxygen atoms in total. The number of ether oxygens (including phenoxy) is 1. The normalized spacial score (nSPS) is 27.0. The Morgan fingerprint density at radius 1 is 1.30 bits per heavy atom. The summed E-state index contributed by atoms with van der Waals surface area (Å²) in [5.41, 5.74) is 2.77. The highest BCUT2D eigenvalue weighted by Crippen LogP contribution is 2.41. The fourth-order valence-corrected chi connectivity index (χ4v) is 4.97. The third-order valence-electron chi connectivity index (χ3n) is 6.76. The topological polar surface area (TPSA) is 112 Å². The van der Waals surface area contributed by atoms with E-state index in [1.165, 1.54) is 6.20 Å². The van der Waals surface area contributed by atoms with Gasteiger partial charge in [-0.3, -0.25) is 4.79 Å². The second-order valence-corrected chi connectivity index (χ2v) is 10.4. The van der Waals surface area contributed by atoms with Crippen LogP contribution in [0.2, 0.25) is 0 Å². The van der Waals surface area contributed by atoms with Crippen molar-refractivity contribution in [3.05, 3.63) is 52.9 Å². The van der Waals surface area contributed by atoms with E-state index in [-0.39, 0.29) is 41.3 Å². The molecule has 33 heavy (non-hydrogen) atoms. The number of aromatic nitrogens is 3. The van der Waals surface area contributed by atoms with Crippen molar-refractivity contribution in [2.75, 3.05) is 0 Å². The molecule has 1 unspecified atom stereocenters. The molecule has 0 bridgehead atoms. The van der Waals surface area contributed by atoms with E-state index >= 15 is 0 Å². The van der Waals surface area contributed by atoms with E-state index in [1.54, 1.807) is 0 Å². The van der Waals surface area contributed by atoms with Gasteiger partial charge in [0.25, 0.3) is 0 Å². The first kappa shape index (κ1) is 23.3. The van der Waals surface area contributed by atoms with Crippen LogP contribution in [0.1, 0.15) is 93.1 Å². The Morgan fingerprint density at radius 3 is 2.64 bits per heavy atom. The van der Waals surface area contributed by atoms with Crippen molar-refractivity contribution in [2.45, 2.75) is 84.0 Å². The highest BCUT2D eigenvalue weighted by molar-refractivity contribution is 5.95. The number of ketones is 1. The van der Waals surface area contributed by atoms with Crippen LogP contribution in [0, 0.1) is 16.7 Å². The van der Waals surface area contributed by atoms with Crippen LogP contribution in [-0.4, -0.2) is 38.0 Å². The summed E-state index contributed by atoms with van der Waals surface area (Å²) in [5, 5.41) is 20.5. The molecule has 3 heterocycles. The molecule has 2 aromatic heterocycles. The maximum atomic E-state index is 12.9. The van der Waals surface area contributed by atoms with E-state index in [0.29, 0.717) is 18.5 Å². The monoisotopic (exact) mass is 448 g/mol. The third-order valence-corrected chi connectivity index (χ3v) is 6.76. The molecule has 174 valence electrons. The molecule has 4 rings (SSSR count). The first-order valence-corrected chi connectivity index (χ1v) is 11.6. The Morgan fingerprint density at radius 2 is 2.03 bits per heavy atom. The minimum atomic E-state index is -1.06. The van der Waals surface area contributed by atoms with Gasteiger partial charge >= 0.3 is 0 Å². The quantitative estimate of drug-likeness (QED) is 0.653. The van der Waals surface area contributed by atoms with Crippen LogP contribution in [0.5, 0.6) is 0 Å². The standard InChI is InChI=1S/C26H32N4O3/c1-16-12-26(32,13-17(2)33-16)22-6-5-19(11-21(31)24-28-15-20(14-27)29-24)23(30-22)18-7-9-25(3,4)10-8-18/h5-7,15-17,32H,8-13H2,1-4H3,(H,28,29)/t16-,17+,26?. The van der Waals surface area contributed by atoms with Crippen LogP contribution in [-0.2, 0) is 16.8 Å². The fourth-order valence-electron chi connectivity index (χ4n) is 4.97. The molecule has 2 aliphatic rings. The van der Waals surface area contributed by atoms with E-state index < -0.39 is 5.60 Å². The first-order valence-electron chi connectivity index (χ1n) is 11.6. The number of imidazole rings is 1. The lowest BCUT2D eigenvalue weighted by Crippen LogP contribution is -2.42. The molecule has 0 amide bonds. The lowest BCUT2D eigenvalue weighted by Gasteiger charge is -2.39. The molecule has 1 aliphatic carbocycles. The first-order chi connectivity index (χ1) is 15.6. The Balaban J connectivity index is 1.71. The van der Waals surface area contributed by atoms with Gasteiger partial charge in [-0.2, -0.15) is 5.26 Å². The summed E-state index contributed by atoms with van der Waals surface area (Å²) in [6.45, 7) is 8.45. The summed E-state index contributed by atoms with van der Waals surface area (Å²) in [7, 11) is 0. The summed E-state index contributed by atoms with van der Waals surface area (Å²) >= 11 is 0. The SMILES string of the molecule is C[C@@H]1CC(O)(c2ccc(CC(=O)c3ncc(C#N)[nH]3)c(C3=CCC(C)(C)CC3)n2)C[C@H](C)O1. The number of nitrogens with one attached hydrogen (secondary N) is 1. The average molecular weight is 449 g/mol. The van der Waals surface area contributed by atoms with Crippen molar-refractivity contribution in [1.82, 2.24) is 15.0 Å². The van der Waals surface area contributed by atoms with Crippen molar-refractivity contribution in [1.29, 1.82) is 5.26 Å². The van der Waals surface area contributed by atoms with E-state index in [2.05, 4.69) is 29.9 Å². The predicted molar refractivity (Wildman–Crippen MR) is 124 cm³/mol. The Kier molecular flexibility index (Phi) is 6.26. The van der Waals surface area contributed by atoms with Crippen molar-refractivity contribution >= 4 is 11.4 Å². The van der Waals surface area contributed by atoms with Gasteiger partial charge in [-0.15, -0.1) is 0 Å². The van der Waals surface area contributed by atoms with Crippen molar-refractivity contribution < 1.29 is 14.6 Å². The number of Topliss-reactive ketones (excluding diaryl/α,β-unsaturated/α-hetero) is 1. The van der Waals surface area contributed by atoms with Crippen LogP contribution in [0.4, 0.5) is 0 Å². The Bertz CT molecular complexity index is 1110. The summed E-state index contributed by atoms with van der Waals surface area (Å²) in [5.74, 6) is -0.0258. The molecular formula is C26H32N4O3. The Labute approximate surface area is 194 Å². The summed E-state index contributed by atoms with van der Waals surface area (Å²) in [6.07, 6.45) is 7.41. The molecular weight excluding hydrogens is 416 g/mol. The number of rotatable bonds is 5. The second kappa shape index (κ2) is 8.85. The number of H-pyrrole nitrogens is 1. The average Bonchev–Trinajstić information content (AvgIpc) is 3.23. The number of aromatic amines is 1. The molecule has 1 fully saturated rings. The van der Waals surface area contributed by atoms with Crippen LogP contribution in [0.3, 0.4) is 0 Å². The zero-order valence-electron chi connectivity index (χ0n) is 19.8. The van der Waals surface area contributed by atoms with E-state index in [0.717, 1.165) is 36.1 Å². The fraction of sp³-hybridized carbons (Fsp3) is 0.538. The highest BCUT2D eigenvalue weighted by atomic mass is 16.5. The van der Waals surface area contributed by atoms with E-state index in [4.69, 9.17) is 15.0 Å². The van der Waals surface area contributed by atoms with Gasteiger partial charge < -0.3 is 14.8 Å². The molecule has 0 radical (unpaired) electrons. The number of hydrogen-bond acceptors (Lipinski definition) is 6. The van der Waals surface area contributed by atoms with Crippen LogP contribution < -0.4 is 0 Å². The number of hydrogen-bond donors (Lipinski definition) is 2. The highest BCUT2D eigenvalue weighted by Gasteiger charge is 2.40. The van der Waals surface area contributed by atoms with E-state index in [1.807, 2.05) is 32.0 Å². The summed E-state index contributed by atoms with van der Waals surface area (Å²) in [6, 6.07) is 5.71. The van der Waals surface area contributed by atoms with Crippen molar-refractivity contribution in [3.63, 3.8) is 0 Å². The molecule has 1 aliphatic heterocycles. The smallest absolute Gasteiger partial charge is 0.202 e. The molecule has 7 heteroatoms. The van der Waals surface area contributed by atoms with Gasteiger partial charge in [-0.1, -0.05) is 26.0 Å². The second-order valence-electron chi connectivity index (χ2n) is 10.4. The lowest BCUT2D eigenvalue weighted by molar-refractivity contribution is -0.137. The molecule has 3 atom stereocenters. The number of pyridine rings is 1. The number of nitrogens with zero attached hydrogens (tertiary/aromatic N) is 3. The van der Waals surface area contributed by atoms with Gasteiger partial charge in [0.2, 0.25) is 5.78 Å². The van der Waals surface area contributed by atoms with Crippen LogP contribution >= 0.6 is 0 Å². The maximum absolute atomic E-state index is 12.9. The maximum Gasteiger partial charge on any atom is 0.202 e. The van der Waals surface area contributed by atoms with Gasteiger partial charge in [0, 0.05) is 19.3 Å². The Hall–Kier alpha value is -2.82. The zero-order valence-corrected chi connectivity index (χ0v) is 19.8.